The van der Waals surface area contributed by atoms with Gasteiger partial charge in [0, 0.05) is 23.4 Å². The summed E-state index contributed by atoms with van der Waals surface area (Å²) < 4.78 is 4.98. The summed E-state index contributed by atoms with van der Waals surface area (Å²) in [4.78, 5) is 35.1. The van der Waals surface area contributed by atoms with Crippen LogP contribution in [0.25, 0.3) is 11.1 Å². The number of ketones is 1. The van der Waals surface area contributed by atoms with E-state index in [1.54, 1.807) is 24.3 Å². The lowest BCUT2D eigenvalue weighted by Crippen LogP contribution is -2.51. The Morgan fingerprint density at radius 3 is 2.04 bits per heavy atom. The molecule has 0 saturated heterocycles. The van der Waals surface area contributed by atoms with Crippen LogP contribution < -0.4 is 0 Å². The number of benzene rings is 2. The Balaban J connectivity index is 1.75. The molecule has 1 fully saturated rings. The van der Waals surface area contributed by atoms with Gasteiger partial charge in [-0.25, -0.2) is 0 Å². The summed E-state index contributed by atoms with van der Waals surface area (Å²) in [7, 11) is 0. The fourth-order valence-electron chi connectivity index (χ4n) is 3.23. The maximum absolute atomic E-state index is 12.6. The van der Waals surface area contributed by atoms with Crippen LogP contribution in [0.1, 0.15) is 23.7 Å². The number of aliphatic carboxylic acids is 1. The number of carboxylic acid groups (broad SMARTS) is 1. The van der Waals surface area contributed by atoms with E-state index in [-0.39, 0.29) is 12.2 Å². The minimum Gasteiger partial charge on any atom is -0.481 e. The van der Waals surface area contributed by atoms with Gasteiger partial charge >= 0.3 is 11.9 Å². The second kappa shape index (κ2) is 7.30. The number of ether oxygens (including phenoxy) is 1. The topological polar surface area (TPSA) is 80.7 Å². The zero-order valence-electron chi connectivity index (χ0n) is 14.0. The third-order valence-corrected chi connectivity index (χ3v) is 4.86. The number of halogens is 1. The van der Waals surface area contributed by atoms with E-state index in [1.165, 1.54) is 6.92 Å². The number of esters is 1. The Hall–Kier alpha value is -2.66. The second-order valence-corrected chi connectivity index (χ2v) is 6.74. The van der Waals surface area contributed by atoms with Crippen molar-refractivity contribution in [2.24, 2.45) is 11.8 Å². The SMILES string of the molecule is CC(=O)O[C@H]1C[C@@H](C(=O)c2ccc(-c3ccc(Cl)cc3)cc2)[C@H]1C(=O)O. The predicted octanol–water partition coefficient (Wildman–Crippen LogP) is 3.84. The van der Waals surface area contributed by atoms with E-state index >= 15 is 0 Å². The molecule has 0 heterocycles. The van der Waals surface area contributed by atoms with Gasteiger partial charge in [0.15, 0.2) is 5.78 Å². The van der Waals surface area contributed by atoms with Crippen molar-refractivity contribution in [3.05, 3.63) is 59.1 Å². The smallest absolute Gasteiger partial charge is 0.311 e. The molecule has 0 radical (unpaired) electrons. The van der Waals surface area contributed by atoms with E-state index in [0.29, 0.717) is 10.6 Å². The molecule has 3 rings (SSSR count). The molecule has 0 aromatic heterocycles. The Kier molecular flexibility index (Phi) is 5.09. The lowest BCUT2D eigenvalue weighted by molar-refractivity contribution is -0.170. The highest BCUT2D eigenvalue weighted by atomic mass is 35.5. The normalized spacial score (nSPS) is 21.5. The molecule has 134 valence electrons. The summed E-state index contributed by atoms with van der Waals surface area (Å²) in [5.74, 6) is -3.60. The Morgan fingerprint density at radius 1 is 1.00 bits per heavy atom. The third kappa shape index (κ3) is 3.63. The van der Waals surface area contributed by atoms with Crippen molar-refractivity contribution in [3.8, 4) is 11.1 Å². The Bertz CT molecular complexity index is 842. The standard InChI is InChI=1S/C20H17ClO5/c1-11(22)26-17-10-16(18(17)20(24)25)19(23)14-4-2-12(3-5-14)13-6-8-15(21)9-7-13/h2-9,16-18H,10H2,1H3,(H,24,25)/t16-,17+,18-/m1/s1. The maximum atomic E-state index is 12.6. The van der Waals surface area contributed by atoms with E-state index in [1.807, 2.05) is 24.3 Å². The van der Waals surface area contributed by atoms with Crippen LogP contribution in [0.3, 0.4) is 0 Å². The molecule has 0 aliphatic heterocycles. The number of Topliss-reactive ketones (excluding diaryl/α,β-unsaturated/α-hetero) is 1. The second-order valence-electron chi connectivity index (χ2n) is 6.30. The average molecular weight is 373 g/mol. The highest BCUT2D eigenvalue weighted by Gasteiger charge is 2.51. The molecule has 26 heavy (non-hydrogen) atoms. The first-order valence-corrected chi connectivity index (χ1v) is 8.55. The fraction of sp³-hybridized carbons (Fsp3) is 0.250. The van der Waals surface area contributed by atoms with Crippen LogP contribution in [-0.2, 0) is 14.3 Å². The molecule has 0 amide bonds. The zero-order valence-corrected chi connectivity index (χ0v) is 14.8. The Labute approximate surface area is 155 Å². The fourth-order valence-corrected chi connectivity index (χ4v) is 3.35. The molecule has 6 heteroatoms. The van der Waals surface area contributed by atoms with E-state index in [9.17, 15) is 19.5 Å². The Morgan fingerprint density at radius 2 is 1.54 bits per heavy atom. The number of carbonyl (C=O) groups excluding carboxylic acids is 2. The van der Waals surface area contributed by atoms with Gasteiger partial charge in [-0.15, -0.1) is 0 Å². The molecule has 1 aliphatic carbocycles. The summed E-state index contributed by atoms with van der Waals surface area (Å²) in [6, 6.07) is 14.3. The zero-order chi connectivity index (χ0) is 18.8. The van der Waals surface area contributed by atoms with Crippen molar-refractivity contribution in [2.75, 3.05) is 0 Å². The molecule has 3 atom stereocenters. The number of hydrogen-bond acceptors (Lipinski definition) is 4. The summed E-state index contributed by atoms with van der Waals surface area (Å²) in [5, 5.41) is 9.99. The predicted molar refractivity (Wildman–Crippen MR) is 96.0 cm³/mol. The van der Waals surface area contributed by atoms with Crippen LogP contribution in [0.15, 0.2) is 48.5 Å². The average Bonchev–Trinajstić information content (AvgIpc) is 2.58. The molecular weight excluding hydrogens is 356 g/mol. The number of carbonyl (C=O) groups is 3. The summed E-state index contributed by atoms with van der Waals surface area (Å²) in [6.07, 6.45) is -0.513. The van der Waals surface area contributed by atoms with Gasteiger partial charge in [-0.1, -0.05) is 48.0 Å². The van der Waals surface area contributed by atoms with Gasteiger partial charge in [0.1, 0.15) is 12.0 Å². The van der Waals surface area contributed by atoms with E-state index in [2.05, 4.69) is 0 Å². The molecule has 2 aromatic rings. The minimum atomic E-state index is -1.13. The van der Waals surface area contributed by atoms with Gasteiger partial charge in [0.05, 0.1) is 0 Å². The molecular formula is C20H17ClO5. The molecule has 1 aliphatic rings. The van der Waals surface area contributed by atoms with Crippen LogP contribution in [0.2, 0.25) is 5.02 Å². The monoisotopic (exact) mass is 372 g/mol. The molecule has 5 nitrogen and oxygen atoms in total. The molecule has 0 unspecified atom stereocenters. The molecule has 2 aromatic carbocycles. The molecule has 0 bridgehead atoms. The van der Waals surface area contributed by atoms with Crippen molar-refractivity contribution >= 4 is 29.3 Å². The van der Waals surface area contributed by atoms with Crippen LogP contribution in [0.5, 0.6) is 0 Å². The first kappa shape index (κ1) is 18.1. The van der Waals surface area contributed by atoms with Crippen molar-refractivity contribution < 1.29 is 24.2 Å². The summed E-state index contributed by atoms with van der Waals surface area (Å²) in [5.41, 5.74) is 2.34. The van der Waals surface area contributed by atoms with Crippen LogP contribution in [-0.4, -0.2) is 28.9 Å². The quantitative estimate of drug-likeness (QED) is 0.637. The summed E-state index contributed by atoms with van der Waals surface area (Å²) in [6.45, 7) is 1.23. The van der Waals surface area contributed by atoms with Gasteiger partial charge in [-0.3, -0.25) is 14.4 Å². The van der Waals surface area contributed by atoms with Gasteiger partial charge in [-0.2, -0.15) is 0 Å². The van der Waals surface area contributed by atoms with Gasteiger partial charge < -0.3 is 9.84 Å². The number of hydrogen-bond donors (Lipinski definition) is 1. The van der Waals surface area contributed by atoms with E-state index < -0.39 is 29.9 Å². The maximum Gasteiger partial charge on any atom is 0.311 e. The minimum absolute atomic E-state index is 0.230. The lowest BCUT2D eigenvalue weighted by Gasteiger charge is -2.39. The van der Waals surface area contributed by atoms with Crippen LogP contribution in [0.4, 0.5) is 0 Å². The van der Waals surface area contributed by atoms with Crippen molar-refractivity contribution in [1.29, 1.82) is 0 Å². The van der Waals surface area contributed by atoms with Gasteiger partial charge in [-0.05, 0) is 29.7 Å². The molecule has 0 spiro atoms. The lowest BCUT2D eigenvalue weighted by atomic mass is 9.67. The largest absolute Gasteiger partial charge is 0.481 e. The van der Waals surface area contributed by atoms with E-state index in [4.69, 9.17) is 16.3 Å². The van der Waals surface area contributed by atoms with Gasteiger partial charge in [0.25, 0.3) is 0 Å². The van der Waals surface area contributed by atoms with Crippen molar-refractivity contribution in [3.63, 3.8) is 0 Å². The number of carboxylic acids is 1. The van der Waals surface area contributed by atoms with Crippen molar-refractivity contribution in [2.45, 2.75) is 19.4 Å². The highest BCUT2D eigenvalue weighted by molar-refractivity contribution is 6.30. The highest BCUT2D eigenvalue weighted by Crippen LogP contribution is 2.40. The first-order valence-electron chi connectivity index (χ1n) is 8.17. The number of rotatable bonds is 5. The molecule has 1 saturated carbocycles. The first-order chi connectivity index (χ1) is 12.4. The van der Waals surface area contributed by atoms with Crippen LogP contribution >= 0.6 is 11.6 Å². The van der Waals surface area contributed by atoms with Crippen LogP contribution in [0, 0.1) is 11.8 Å². The van der Waals surface area contributed by atoms with E-state index in [0.717, 1.165) is 11.1 Å². The van der Waals surface area contributed by atoms with Gasteiger partial charge in [0.2, 0.25) is 0 Å². The van der Waals surface area contributed by atoms with Crippen molar-refractivity contribution in [1.82, 2.24) is 0 Å². The molecule has 1 N–H and O–H groups in total. The third-order valence-electron chi connectivity index (χ3n) is 4.61. The summed E-state index contributed by atoms with van der Waals surface area (Å²) >= 11 is 5.88.